The molecule has 0 bridgehead atoms. The maximum absolute atomic E-state index is 12.9. The second-order valence-corrected chi connectivity index (χ2v) is 6.86. The second kappa shape index (κ2) is 8.26. The van der Waals surface area contributed by atoms with E-state index in [1.54, 1.807) is 0 Å². The first kappa shape index (κ1) is 18.3. The van der Waals surface area contributed by atoms with Crippen LogP contribution in [0.4, 0.5) is 5.69 Å². The summed E-state index contributed by atoms with van der Waals surface area (Å²) in [5.41, 5.74) is 3.92. The van der Waals surface area contributed by atoms with E-state index in [0.717, 1.165) is 31.9 Å². The van der Waals surface area contributed by atoms with Gasteiger partial charge in [0.15, 0.2) is 6.10 Å². The van der Waals surface area contributed by atoms with Crippen LogP contribution >= 0.6 is 0 Å². The molecule has 1 saturated heterocycles. The van der Waals surface area contributed by atoms with Gasteiger partial charge in [0.05, 0.1) is 0 Å². The molecule has 26 heavy (non-hydrogen) atoms. The van der Waals surface area contributed by atoms with E-state index in [1.165, 1.54) is 16.8 Å². The molecule has 0 aromatic heterocycles. The quantitative estimate of drug-likeness (QED) is 0.820. The van der Waals surface area contributed by atoms with E-state index in [-0.39, 0.29) is 5.91 Å². The lowest BCUT2D eigenvalue weighted by Gasteiger charge is -2.38. The number of anilines is 1. The Morgan fingerprint density at radius 1 is 1.00 bits per heavy atom. The summed E-state index contributed by atoms with van der Waals surface area (Å²) in [6, 6.07) is 16.0. The number of para-hydroxylation sites is 1. The van der Waals surface area contributed by atoms with Crippen LogP contribution in [0.1, 0.15) is 24.5 Å². The van der Waals surface area contributed by atoms with Crippen molar-refractivity contribution in [3.63, 3.8) is 0 Å². The van der Waals surface area contributed by atoms with Gasteiger partial charge in [0, 0.05) is 31.9 Å². The topological polar surface area (TPSA) is 32.8 Å². The molecule has 3 rings (SSSR count). The number of ether oxygens (including phenoxy) is 1. The number of hydrogen-bond acceptors (Lipinski definition) is 3. The van der Waals surface area contributed by atoms with Crippen molar-refractivity contribution in [2.75, 3.05) is 31.1 Å². The molecule has 1 amide bonds. The Bertz CT molecular complexity index is 737. The fourth-order valence-electron chi connectivity index (χ4n) is 3.42. The highest BCUT2D eigenvalue weighted by Gasteiger charge is 2.28. The smallest absolute Gasteiger partial charge is 0.263 e. The summed E-state index contributed by atoms with van der Waals surface area (Å²) in [5, 5.41) is 0. The molecule has 1 heterocycles. The summed E-state index contributed by atoms with van der Waals surface area (Å²) in [4.78, 5) is 17.2. The van der Waals surface area contributed by atoms with Crippen molar-refractivity contribution < 1.29 is 9.53 Å². The van der Waals surface area contributed by atoms with E-state index >= 15 is 0 Å². The van der Waals surface area contributed by atoms with E-state index in [2.05, 4.69) is 36.9 Å². The zero-order valence-corrected chi connectivity index (χ0v) is 15.9. The normalized spacial score (nSPS) is 15.7. The molecule has 1 aliphatic heterocycles. The molecule has 0 spiro atoms. The fourth-order valence-corrected chi connectivity index (χ4v) is 3.42. The average Bonchev–Trinajstić information content (AvgIpc) is 2.69. The molecule has 0 N–H and O–H groups in total. The molecule has 0 saturated carbocycles. The lowest BCUT2D eigenvalue weighted by atomic mass is 10.1. The number of rotatable bonds is 5. The molecular formula is C22H28N2O2. The Morgan fingerprint density at radius 2 is 1.69 bits per heavy atom. The van der Waals surface area contributed by atoms with Gasteiger partial charge in [0.25, 0.3) is 5.91 Å². The monoisotopic (exact) mass is 352 g/mol. The predicted octanol–water partition coefficient (Wildman–Crippen LogP) is 3.81. The van der Waals surface area contributed by atoms with E-state index in [1.807, 2.05) is 42.2 Å². The molecule has 0 radical (unpaired) electrons. The summed E-state index contributed by atoms with van der Waals surface area (Å²) in [6.45, 7) is 9.50. The van der Waals surface area contributed by atoms with Crippen molar-refractivity contribution in [1.29, 1.82) is 0 Å². The van der Waals surface area contributed by atoms with Crippen molar-refractivity contribution in [3.8, 4) is 5.75 Å². The number of amides is 1. The third kappa shape index (κ3) is 4.01. The van der Waals surface area contributed by atoms with Crippen LogP contribution in [0.2, 0.25) is 0 Å². The van der Waals surface area contributed by atoms with Gasteiger partial charge in [0.2, 0.25) is 0 Å². The average molecular weight is 352 g/mol. The Morgan fingerprint density at radius 3 is 2.35 bits per heavy atom. The van der Waals surface area contributed by atoms with Crippen LogP contribution in [0, 0.1) is 13.8 Å². The van der Waals surface area contributed by atoms with Crippen molar-refractivity contribution in [2.45, 2.75) is 33.3 Å². The second-order valence-electron chi connectivity index (χ2n) is 6.86. The maximum Gasteiger partial charge on any atom is 0.263 e. The Balaban J connectivity index is 1.61. The standard InChI is InChI=1S/C22H28N2O2/c1-4-21(26-19-10-6-5-7-11-19)22(25)24-15-13-23(14-16-24)20-12-8-9-17(2)18(20)3/h5-12,21H,4,13-16H2,1-3H3. The van der Waals surface area contributed by atoms with Crippen molar-refractivity contribution in [3.05, 3.63) is 59.7 Å². The van der Waals surface area contributed by atoms with E-state index in [4.69, 9.17) is 4.74 Å². The molecule has 1 unspecified atom stereocenters. The lowest BCUT2D eigenvalue weighted by molar-refractivity contribution is -0.139. The molecule has 1 atom stereocenters. The van der Waals surface area contributed by atoms with Crippen LogP contribution in [0.15, 0.2) is 48.5 Å². The van der Waals surface area contributed by atoms with E-state index in [0.29, 0.717) is 6.42 Å². The first-order valence-corrected chi connectivity index (χ1v) is 9.41. The zero-order valence-electron chi connectivity index (χ0n) is 15.9. The van der Waals surface area contributed by atoms with Crippen LogP contribution in [0.5, 0.6) is 5.75 Å². The number of benzene rings is 2. The third-order valence-corrected chi connectivity index (χ3v) is 5.18. The van der Waals surface area contributed by atoms with Crippen LogP contribution in [0.3, 0.4) is 0 Å². The molecule has 4 heteroatoms. The molecule has 2 aromatic rings. The Kier molecular flexibility index (Phi) is 5.82. The molecule has 4 nitrogen and oxygen atoms in total. The molecule has 0 aliphatic carbocycles. The van der Waals surface area contributed by atoms with Gasteiger partial charge in [-0.3, -0.25) is 4.79 Å². The van der Waals surface area contributed by atoms with Crippen molar-refractivity contribution in [1.82, 2.24) is 4.90 Å². The summed E-state index contributed by atoms with van der Waals surface area (Å²) in [6.07, 6.45) is 0.259. The fraction of sp³-hybridized carbons (Fsp3) is 0.409. The van der Waals surface area contributed by atoms with E-state index < -0.39 is 6.10 Å². The summed E-state index contributed by atoms with van der Waals surface area (Å²) >= 11 is 0. The predicted molar refractivity (Wildman–Crippen MR) is 106 cm³/mol. The third-order valence-electron chi connectivity index (χ3n) is 5.18. The van der Waals surface area contributed by atoms with Crippen LogP contribution in [-0.2, 0) is 4.79 Å². The maximum atomic E-state index is 12.9. The molecule has 1 fully saturated rings. The minimum absolute atomic E-state index is 0.0944. The first-order valence-electron chi connectivity index (χ1n) is 9.41. The number of nitrogens with zero attached hydrogens (tertiary/aromatic N) is 2. The van der Waals surface area contributed by atoms with Gasteiger partial charge < -0.3 is 14.5 Å². The lowest BCUT2D eigenvalue weighted by Crippen LogP contribution is -2.52. The molecule has 1 aliphatic rings. The van der Waals surface area contributed by atoms with Gasteiger partial charge in [0.1, 0.15) is 5.75 Å². The number of carbonyl (C=O) groups is 1. The minimum atomic E-state index is -0.412. The SMILES string of the molecule is CCC(Oc1ccccc1)C(=O)N1CCN(c2cccc(C)c2C)CC1. The number of piperazine rings is 1. The van der Waals surface area contributed by atoms with Gasteiger partial charge >= 0.3 is 0 Å². The highest BCUT2D eigenvalue weighted by atomic mass is 16.5. The number of aryl methyl sites for hydroxylation is 1. The Hall–Kier alpha value is -2.49. The summed E-state index contributed by atoms with van der Waals surface area (Å²) < 4.78 is 5.92. The summed E-state index contributed by atoms with van der Waals surface area (Å²) in [5.74, 6) is 0.846. The molecular weight excluding hydrogens is 324 g/mol. The number of hydrogen-bond donors (Lipinski definition) is 0. The Labute approximate surface area is 156 Å². The molecule has 2 aromatic carbocycles. The van der Waals surface area contributed by atoms with Gasteiger partial charge in [-0.15, -0.1) is 0 Å². The first-order chi connectivity index (χ1) is 12.6. The van der Waals surface area contributed by atoms with Crippen molar-refractivity contribution in [2.24, 2.45) is 0 Å². The van der Waals surface area contributed by atoms with Crippen LogP contribution < -0.4 is 9.64 Å². The number of carbonyl (C=O) groups excluding carboxylic acids is 1. The highest BCUT2D eigenvalue weighted by Crippen LogP contribution is 2.24. The summed E-state index contributed by atoms with van der Waals surface area (Å²) in [7, 11) is 0. The van der Waals surface area contributed by atoms with Gasteiger partial charge in [-0.05, 0) is 49.6 Å². The van der Waals surface area contributed by atoms with E-state index in [9.17, 15) is 4.79 Å². The van der Waals surface area contributed by atoms with Gasteiger partial charge in [-0.1, -0.05) is 37.3 Å². The van der Waals surface area contributed by atoms with Crippen LogP contribution in [-0.4, -0.2) is 43.1 Å². The minimum Gasteiger partial charge on any atom is -0.481 e. The van der Waals surface area contributed by atoms with Gasteiger partial charge in [-0.2, -0.15) is 0 Å². The largest absolute Gasteiger partial charge is 0.481 e. The van der Waals surface area contributed by atoms with Gasteiger partial charge in [-0.25, -0.2) is 0 Å². The highest BCUT2D eigenvalue weighted by molar-refractivity contribution is 5.81. The zero-order chi connectivity index (χ0) is 18.5. The van der Waals surface area contributed by atoms with Crippen molar-refractivity contribution >= 4 is 11.6 Å². The van der Waals surface area contributed by atoms with Crippen LogP contribution in [0.25, 0.3) is 0 Å². The molecule has 138 valence electrons.